The predicted octanol–water partition coefficient (Wildman–Crippen LogP) is -0.745. The van der Waals surface area contributed by atoms with Crippen LogP contribution in [-0.2, 0) is 16.6 Å². The molecule has 0 radical (unpaired) electrons. The van der Waals surface area contributed by atoms with Crippen molar-refractivity contribution < 1.29 is 24.6 Å². The first-order chi connectivity index (χ1) is 8.90. The predicted molar refractivity (Wildman–Crippen MR) is 61.5 cm³/mol. The smallest absolute Gasteiger partial charge is 0.326 e. The van der Waals surface area contributed by atoms with Crippen LogP contribution in [0.5, 0.6) is 0 Å². The van der Waals surface area contributed by atoms with Gasteiger partial charge in [0.05, 0.1) is 0 Å². The summed E-state index contributed by atoms with van der Waals surface area (Å²) in [5.74, 6) is -2.31. The Balaban J connectivity index is 2.54. The van der Waals surface area contributed by atoms with Crippen LogP contribution in [0.2, 0.25) is 0 Å². The maximum Gasteiger partial charge on any atom is 0.326 e. The minimum Gasteiger partial charge on any atom is -0.481 e. The van der Waals surface area contributed by atoms with Crippen molar-refractivity contribution in [3.05, 3.63) is 6.33 Å². The summed E-state index contributed by atoms with van der Waals surface area (Å²) >= 11 is 0. The molecule has 0 unspecified atom stereocenters. The molecule has 0 aliphatic rings. The number of hydrogen-bond donors (Lipinski definition) is 4. The number of rotatable bonds is 6. The zero-order valence-corrected chi connectivity index (χ0v) is 10.0. The molecule has 0 saturated carbocycles. The minimum absolute atomic E-state index is 0.139. The summed E-state index contributed by atoms with van der Waals surface area (Å²) in [6.45, 7) is 0. The summed E-state index contributed by atoms with van der Waals surface area (Å²) in [4.78, 5) is 36.4. The van der Waals surface area contributed by atoms with Gasteiger partial charge in [0.1, 0.15) is 12.4 Å². The van der Waals surface area contributed by atoms with Gasteiger partial charge in [-0.2, -0.15) is 10.1 Å². The summed E-state index contributed by atoms with van der Waals surface area (Å²) in [6.07, 6.45) is 0.646. The van der Waals surface area contributed by atoms with E-state index in [9.17, 15) is 14.4 Å². The number of anilines is 1. The van der Waals surface area contributed by atoms with E-state index in [2.05, 4.69) is 20.7 Å². The van der Waals surface area contributed by atoms with Crippen LogP contribution < -0.4 is 10.6 Å². The standard InChI is InChI=1S/C9H13N5O5/c1-14-8(10-4-11-14)13-9(19)12-5(7(17)18)2-3-6(15)16/h4-5H,2-3H2,1H3,(H,15,16)(H,17,18)(H2,10,11,12,13,19)/t5-/m0/s1. The van der Waals surface area contributed by atoms with Gasteiger partial charge in [0, 0.05) is 13.5 Å². The van der Waals surface area contributed by atoms with Crippen molar-refractivity contribution in [3.8, 4) is 0 Å². The van der Waals surface area contributed by atoms with Crippen LogP contribution in [0.1, 0.15) is 12.8 Å². The summed E-state index contributed by atoms with van der Waals surface area (Å²) in [5, 5.41) is 25.5. The molecule has 19 heavy (non-hydrogen) atoms. The summed E-state index contributed by atoms with van der Waals surface area (Å²) < 4.78 is 1.28. The molecule has 10 nitrogen and oxygen atoms in total. The molecule has 0 fully saturated rings. The van der Waals surface area contributed by atoms with Crippen LogP contribution >= 0.6 is 0 Å². The van der Waals surface area contributed by atoms with Crippen LogP contribution in [0.4, 0.5) is 10.7 Å². The maximum absolute atomic E-state index is 11.5. The van der Waals surface area contributed by atoms with E-state index < -0.39 is 24.0 Å². The van der Waals surface area contributed by atoms with Gasteiger partial charge in [-0.05, 0) is 6.42 Å². The average Bonchev–Trinajstić information content (AvgIpc) is 2.69. The fraction of sp³-hybridized carbons (Fsp3) is 0.444. The fourth-order valence-electron chi connectivity index (χ4n) is 1.23. The Hall–Kier alpha value is -2.65. The van der Waals surface area contributed by atoms with Crippen LogP contribution in [0.3, 0.4) is 0 Å². The first-order valence-electron chi connectivity index (χ1n) is 5.26. The molecule has 0 saturated heterocycles. The second-order valence-corrected chi connectivity index (χ2v) is 3.63. The molecule has 0 bridgehead atoms. The monoisotopic (exact) mass is 271 g/mol. The highest BCUT2D eigenvalue weighted by atomic mass is 16.4. The van der Waals surface area contributed by atoms with E-state index in [4.69, 9.17) is 10.2 Å². The topological polar surface area (TPSA) is 146 Å². The number of carboxylic acid groups (broad SMARTS) is 2. The zero-order valence-electron chi connectivity index (χ0n) is 10.0. The molecule has 1 aromatic heterocycles. The quantitative estimate of drug-likeness (QED) is 0.532. The third-order valence-electron chi connectivity index (χ3n) is 2.19. The molecule has 1 atom stereocenters. The summed E-state index contributed by atoms with van der Waals surface area (Å²) in [7, 11) is 1.54. The Morgan fingerprint density at radius 1 is 1.42 bits per heavy atom. The van der Waals surface area contributed by atoms with E-state index in [1.54, 1.807) is 7.05 Å². The fourth-order valence-corrected chi connectivity index (χ4v) is 1.23. The van der Waals surface area contributed by atoms with Crippen molar-refractivity contribution in [2.75, 3.05) is 5.32 Å². The first-order valence-corrected chi connectivity index (χ1v) is 5.26. The molecular formula is C9H13N5O5. The van der Waals surface area contributed by atoms with Gasteiger partial charge in [-0.15, -0.1) is 0 Å². The van der Waals surface area contributed by atoms with Gasteiger partial charge in [0.25, 0.3) is 0 Å². The molecule has 2 amide bonds. The van der Waals surface area contributed by atoms with Crippen molar-refractivity contribution in [1.29, 1.82) is 0 Å². The highest BCUT2D eigenvalue weighted by molar-refractivity contribution is 5.91. The highest BCUT2D eigenvalue weighted by Gasteiger charge is 2.21. The molecule has 1 rings (SSSR count). The second kappa shape index (κ2) is 6.33. The molecule has 1 aromatic rings. The van der Waals surface area contributed by atoms with E-state index in [1.807, 2.05) is 0 Å². The number of amides is 2. The summed E-state index contributed by atoms with van der Waals surface area (Å²) in [6, 6.07) is -2.08. The number of carboxylic acids is 2. The lowest BCUT2D eigenvalue weighted by atomic mass is 10.1. The lowest BCUT2D eigenvalue weighted by Crippen LogP contribution is -2.43. The van der Waals surface area contributed by atoms with Crippen LogP contribution in [0.15, 0.2) is 6.33 Å². The van der Waals surface area contributed by atoms with E-state index in [1.165, 1.54) is 11.0 Å². The molecule has 4 N–H and O–H groups in total. The number of aryl methyl sites for hydroxylation is 1. The van der Waals surface area contributed by atoms with Crippen molar-refractivity contribution in [2.24, 2.45) is 7.05 Å². The SMILES string of the molecule is Cn1ncnc1NC(=O)N[C@@H](CCC(=O)O)C(=O)O. The van der Waals surface area contributed by atoms with Gasteiger partial charge in [-0.25, -0.2) is 14.3 Å². The number of aromatic nitrogens is 3. The highest BCUT2D eigenvalue weighted by Crippen LogP contribution is 2.01. The zero-order chi connectivity index (χ0) is 14.4. The van der Waals surface area contributed by atoms with Crippen molar-refractivity contribution in [2.45, 2.75) is 18.9 Å². The number of carbonyl (C=O) groups is 3. The lowest BCUT2D eigenvalue weighted by Gasteiger charge is -2.13. The van der Waals surface area contributed by atoms with E-state index in [0.29, 0.717) is 0 Å². The van der Waals surface area contributed by atoms with Gasteiger partial charge in [-0.1, -0.05) is 0 Å². The minimum atomic E-state index is -1.31. The number of hydrogen-bond acceptors (Lipinski definition) is 5. The normalized spacial score (nSPS) is 11.6. The molecule has 0 aliphatic carbocycles. The van der Waals surface area contributed by atoms with Crippen molar-refractivity contribution in [1.82, 2.24) is 20.1 Å². The molecule has 0 aromatic carbocycles. The Kier molecular flexibility index (Phi) is 4.80. The van der Waals surface area contributed by atoms with E-state index in [-0.39, 0.29) is 18.8 Å². The largest absolute Gasteiger partial charge is 0.481 e. The van der Waals surface area contributed by atoms with Gasteiger partial charge in [-0.3, -0.25) is 10.1 Å². The average molecular weight is 271 g/mol. The van der Waals surface area contributed by atoms with Crippen LogP contribution in [0.25, 0.3) is 0 Å². The Morgan fingerprint density at radius 3 is 2.58 bits per heavy atom. The van der Waals surface area contributed by atoms with Crippen LogP contribution in [0, 0.1) is 0 Å². The lowest BCUT2D eigenvalue weighted by molar-refractivity contribution is -0.140. The summed E-state index contributed by atoms with van der Waals surface area (Å²) in [5.41, 5.74) is 0. The molecule has 0 aliphatic heterocycles. The van der Waals surface area contributed by atoms with Crippen LogP contribution in [-0.4, -0.2) is 49.0 Å². The van der Waals surface area contributed by atoms with Gasteiger partial charge < -0.3 is 15.5 Å². The van der Waals surface area contributed by atoms with Gasteiger partial charge >= 0.3 is 18.0 Å². The van der Waals surface area contributed by atoms with Gasteiger partial charge in [0.2, 0.25) is 5.95 Å². The number of nitrogens with one attached hydrogen (secondary N) is 2. The molecule has 1 heterocycles. The first kappa shape index (κ1) is 14.4. The molecule has 104 valence electrons. The maximum atomic E-state index is 11.5. The third kappa shape index (κ3) is 4.61. The number of carbonyl (C=O) groups excluding carboxylic acids is 1. The number of urea groups is 1. The van der Waals surface area contributed by atoms with E-state index >= 15 is 0 Å². The van der Waals surface area contributed by atoms with Gasteiger partial charge in [0.15, 0.2) is 0 Å². The third-order valence-corrected chi connectivity index (χ3v) is 2.19. The van der Waals surface area contributed by atoms with E-state index in [0.717, 1.165) is 0 Å². The van der Waals surface area contributed by atoms with Crippen molar-refractivity contribution >= 4 is 23.9 Å². The number of aliphatic carboxylic acids is 2. The molecule has 0 spiro atoms. The van der Waals surface area contributed by atoms with Crippen molar-refractivity contribution in [3.63, 3.8) is 0 Å². The molecular weight excluding hydrogens is 258 g/mol. The number of nitrogens with zero attached hydrogens (tertiary/aromatic N) is 3. The Bertz CT molecular complexity index is 485. The molecule has 10 heteroatoms. The Morgan fingerprint density at radius 2 is 2.11 bits per heavy atom. The second-order valence-electron chi connectivity index (χ2n) is 3.63. The Labute approximate surface area is 107 Å².